The van der Waals surface area contributed by atoms with Crippen LogP contribution in [0.5, 0.6) is 0 Å². The van der Waals surface area contributed by atoms with Crippen LogP contribution in [0, 0.1) is 11.2 Å². The molecule has 31 heavy (non-hydrogen) atoms. The van der Waals surface area contributed by atoms with Gasteiger partial charge < -0.3 is 5.32 Å². The van der Waals surface area contributed by atoms with Gasteiger partial charge in [0.25, 0.3) is 0 Å². The number of anilines is 2. The standard InChI is InChI=1S/C23H20F4N2O2/c1-22(2)11-16-19(18(30)12-22)20(13-6-5-7-14(24)10-13)29(21(31)23(25,26)27)17-9-4-3-8-15(17)28-16/h3-10,20,28H,11-12H2,1-2H3/t20-/m0/s1. The van der Waals surface area contributed by atoms with Gasteiger partial charge in [0.2, 0.25) is 0 Å². The van der Waals surface area contributed by atoms with Gasteiger partial charge in [0.05, 0.1) is 17.4 Å². The van der Waals surface area contributed by atoms with Crippen molar-refractivity contribution in [2.75, 3.05) is 10.2 Å². The zero-order valence-corrected chi connectivity index (χ0v) is 16.9. The maximum absolute atomic E-state index is 14.1. The van der Waals surface area contributed by atoms with Crippen molar-refractivity contribution in [1.82, 2.24) is 0 Å². The molecule has 4 rings (SSSR count). The van der Waals surface area contributed by atoms with Gasteiger partial charge in [-0.2, -0.15) is 13.2 Å². The molecular weight excluding hydrogens is 412 g/mol. The lowest BCUT2D eigenvalue weighted by Crippen LogP contribution is -2.45. The molecule has 1 atom stereocenters. The molecule has 0 bridgehead atoms. The summed E-state index contributed by atoms with van der Waals surface area (Å²) >= 11 is 0. The van der Waals surface area contributed by atoms with E-state index < -0.39 is 29.4 Å². The topological polar surface area (TPSA) is 49.4 Å². The molecule has 0 saturated carbocycles. The Kier molecular flexibility index (Phi) is 4.91. The maximum atomic E-state index is 14.1. The van der Waals surface area contributed by atoms with Crippen molar-refractivity contribution in [3.05, 3.63) is 71.2 Å². The van der Waals surface area contributed by atoms with Gasteiger partial charge in [-0.3, -0.25) is 14.5 Å². The average molecular weight is 432 g/mol. The molecule has 0 radical (unpaired) electrons. The number of alkyl halides is 3. The van der Waals surface area contributed by atoms with E-state index in [4.69, 9.17) is 0 Å². The van der Waals surface area contributed by atoms with Crippen LogP contribution in [0.15, 0.2) is 59.8 Å². The Labute approximate surface area is 176 Å². The summed E-state index contributed by atoms with van der Waals surface area (Å²) in [5, 5.41) is 3.10. The van der Waals surface area contributed by atoms with Gasteiger partial charge in [-0.15, -0.1) is 0 Å². The molecule has 0 spiro atoms. The number of ketones is 1. The summed E-state index contributed by atoms with van der Waals surface area (Å²) in [7, 11) is 0. The molecule has 1 heterocycles. The van der Waals surface area contributed by atoms with E-state index in [-0.39, 0.29) is 34.7 Å². The number of rotatable bonds is 1. The summed E-state index contributed by atoms with van der Waals surface area (Å²) in [5.74, 6) is -3.17. The molecule has 1 amide bonds. The van der Waals surface area contributed by atoms with Crippen molar-refractivity contribution >= 4 is 23.1 Å². The monoisotopic (exact) mass is 432 g/mol. The second-order valence-electron chi connectivity index (χ2n) is 8.61. The maximum Gasteiger partial charge on any atom is 0.471 e. The van der Waals surface area contributed by atoms with Crippen LogP contribution in [0.25, 0.3) is 0 Å². The van der Waals surface area contributed by atoms with Gasteiger partial charge in [-0.25, -0.2) is 4.39 Å². The molecule has 1 aliphatic heterocycles. The number of amides is 1. The summed E-state index contributed by atoms with van der Waals surface area (Å²) in [6.45, 7) is 3.78. The van der Waals surface area contributed by atoms with Crippen molar-refractivity contribution in [2.24, 2.45) is 5.41 Å². The van der Waals surface area contributed by atoms with E-state index in [0.717, 1.165) is 12.1 Å². The fourth-order valence-corrected chi connectivity index (χ4v) is 4.34. The highest BCUT2D eigenvalue weighted by molar-refractivity contribution is 6.07. The van der Waals surface area contributed by atoms with Crippen molar-refractivity contribution in [3.63, 3.8) is 0 Å². The number of carbonyl (C=O) groups excluding carboxylic acids is 2. The highest BCUT2D eigenvalue weighted by Gasteiger charge is 2.50. The second kappa shape index (κ2) is 7.21. The lowest BCUT2D eigenvalue weighted by Gasteiger charge is -2.37. The molecule has 0 fully saturated rings. The van der Waals surface area contributed by atoms with Gasteiger partial charge in [-0.05, 0) is 41.7 Å². The summed E-state index contributed by atoms with van der Waals surface area (Å²) in [5.41, 5.74) is 0.417. The molecule has 2 aliphatic rings. The van der Waals surface area contributed by atoms with Gasteiger partial charge in [0.15, 0.2) is 5.78 Å². The molecule has 2 aromatic rings. The molecule has 0 unspecified atom stereocenters. The lowest BCUT2D eigenvalue weighted by atomic mass is 9.73. The molecule has 1 N–H and O–H groups in total. The third-order valence-corrected chi connectivity index (χ3v) is 5.53. The third kappa shape index (κ3) is 3.82. The lowest BCUT2D eigenvalue weighted by molar-refractivity contribution is -0.170. The first-order valence-electron chi connectivity index (χ1n) is 9.76. The fourth-order valence-electron chi connectivity index (χ4n) is 4.34. The number of hydrogen-bond acceptors (Lipinski definition) is 3. The van der Waals surface area contributed by atoms with Crippen molar-refractivity contribution in [3.8, 4) is 0 Å². The Hall–Kier alpha value is -3.16. The van der Waals surface area contributed by atoms with Crippen LogP contribution in [-0.4, -0.2) is 17.9 Å². The van der Waals surface area contributed by atoms with Crippen LogP contribution in [-0.2, 0) is 9.59 Å². The Morgan fingerprint density at radius 1 is 1.10 bits per heavy atom. The SMILES string of the molecule is CC1(C)CC(=O)C2=C(C1)Nc1ccccc1N(C(=O)C(F)(F)F)[C@H]2c1cccc(F)c1. The van der Waals surface area contributed by atoms with E-state index in [0.29, 0.717) is 17.0 Å². The van der Waals surface area contributed by atoms with E-state index in [1.54, 1.807) is 12.1 Å². The molecular formula is C23H20F4N2O2. The zero-order chi connectivity index (χ0) is 22.6. The number of halogens is 4. The van der Waals surface area contributed by atoms with Gasteiger partial charge >= 0.3 is 12.1 Å². The van der Waals surface area contributed by atoms with E-state index >= 15 is 0 Å². The Balaban J connectivity index is 2.05. The Bertz CT molecular complexity index is 1100. The largest absolute Gasteiger partial charge is 0.471 e. The number of para-hydroxylation sites is 2. The van der Waals surface area contributed by atoms with Crippen molar-refractivity contribution in [1.29, 1.82) is 0 Å². The average Bonchev–Trinajstić information content (AvgIpc) is 2.79. The van der Waals surface area contributed by atoms with Gasteiger partial charge in [-0.1, -0.05) is 38.1 Å². The number of Topliss-reactive ketones (excluding diaryl/α,β-unsaturated/α-hetero) is 1. The molecule has 1 aliphatic carbocycles. The first kappa shape index (κ1) is 21.1. The summed E-state index contributed by atoms with van der Waals surface area (Å²) in [4.78, 5) is 26.4. The fraction of sp³-hybridized carbons (Fsp3) is 0.304. The van der Waals surface area contributed by atoms with Crippen LogP contribution in [0.3, 0.4) is 0 Å². The van der Waals surface area contributed by atoms with E-state index in [2.05, 4.69) is 5.32 Å². The second-order valence-corrected chi connectivity index (χ2v) is 8.61. The molecule has 0 aromatic heterocycles. The highest BCUT2D eigenvalue weighted by Crippen LogP contribution is 2.49. The number of nitrogens with one attached hydrogen (secondary N) is 1. The highest BCUT2D eigenvalue weighted by atomic mass is 19.4. The first-order chi connectivity index (χ1) is 14.5. The number of allylic oxidation sites excluding steroid dienone is 1. The van der Waals surface area contributed by atoms with Crippen molar-refractivity contribution < 1.29 is 27.2 Å². The number of hydrogen-bond donors (Lipinski definition) is 1. The van der Waals surface area contributed by atoms with Crippen LogP contribution in [0.2, 0.25) is 0 Å². The molecule has 4 nitrogen and oxygen atoms in total. The number of benzene rings is 2. The minimum absolute atomic E-state index is 0.0286. The summed E-state index contributed by atoms with van der Waals surface area (Å²) < 4.78 is 55.1. The quantitative estimate of drug-likeness (QED) is 0.603. The van der Waals surface area contributed by atoms with Crippen molar-refractivity contribution in [2.45, 2.75) is 38.9 Å². The van der Waals surface area contributed by atoms with Crippen LogP contribution in [0.1, 0.15) is 38.3 Å². The van der Waals surface area contributed by atoms with Gasteiger partial charge in [0.1, 0.15) is 5.82 Å². The number of carbonyl (C=O) groups is 2. The van der Waals surface area contributed by atoms with Crippen LogP contribution in [0.4, 0.5) is 28.9 Å². The predicted octanol–water partition coefficient (Wildman–Crippen LogP) is 5.53. The first-order valence-corrected chi connectivity index (χ1v) is 9.76. The zero-order valence-electron chi connectivity index (χ0n) is 16.9. The van der Waals surface area contributed by atoms with E-state index in [1.165, 1.54) is 24.3 Å². The molecule has 2 aromatic carbocycles. The van der Waals surface area contributed by atoms with Crippen LogP contribution < -0.4 is 10.2 Å². The predicted molar refractivity (Wildman–Crippen MR) is 108 cm³/mol. The Morgan fingerprint density at radius 3 is 2.48 bits per heavy atom. The minimum atomic E-state index is -5.19. The normalized spacial score (nSPS) is 20.5. The number of nitrogens with zero attached hydrogens (tertiary/aromatic N) is 1. The third-order valence-electron chi connectivity index (χ3n) is 5.53. The summed E-state index contributed by atoms with van der Waals surface area (Å²) in [6.07, 6.45) is -4.70. The molecule has 162 valence electrons. The number of fused-ring (bicyclic) bond motifs is 1. The smallest absolute Gasteiger partial charge is 0.357 e. The Morgan fingerprint density at radius 2 is 1.81 bits per heavy atom. The van der Waals surface area contributed by atoms with E-state index in [1.807, 2.05) is 13.8 Å². The molecule has 0 saturated heterocycles. The minimum Gasteiger partial charge on any atom is -0.357 e. The van der Waals surface area contributed by atoms with Gasteiger partial charge in [0, 0.05) is 17.7 Å². The summed E-state index contributed by atoms with van der Waals surface area (Å²) in [6, 6.07) is 9.65. The van der Waals surface area contributed by atoms with Crippen LogP contribution >= 0.6 is 0 Å². The molecule has 8 heteroatoms. The van der Waals surface area contributed by atoms with E-state index in [9.17, 15) is 27.2 Å².